The van der Waals surface area contributed by atoms with E-state index in [0.717, 1.165) is 37.4 Å². The van der Waals surface area contributed by atoms with Gasteiger partial charge in [-0.2, -0.15) is 0 Å². The molecule has 4 heteroatoms. The number of nitrogens with one attached hydrogen (secondary N) is 1. The summed E-state index contributed by atoms with van der Waals surface area (Å²) in [6.07, 6.45) is 1.92. The first-order valence-corrected chi connectivity index (χ1v) is 5.11. The van der Waals surface area contributed by atoms with E-state index in [2.05, 4.69) is 17.2 Å². The molecule has 0 aliphatic carbocycles. The molecule has 2 rings (SSSR count). The van der Waals surface area contributed by atoms with Gasteiger partial charge in [-0.05, 0) is 6.42 Å². The van der Waals surface area contributed by atoms with E-state index < -0.39 is 0 Å². The quantitative estimate of drug-likeness (QED) is 0.734. The average molecular weight is 193 g/mol. The fourth-order valence-electron chi connectivity index (χ4n) is 1.76. The number of aromatic nitrogens is 2. The summed E-state index contributed by atoms with van der Waals surface area (Å²) in [4.78, 5) is 16.1. The van der Waals surface area contributed by atoms with Gasteiger partial charge in [0, 0.05) is 24.8 Å². The number of rotatable bonds is 2. The van der Waals surface area contributed by atoms with E-state index in [1.165, 1.54) is 0 Å². The van der Waals surface area contributed by atoms with Gasteiger partial charge in [0.25, 0.3) is 5.56 Å². The van der Waals surface area contributed by atoms with Crippen molar-refractivity contribution in [3.8, 4) is 0 Å². The van der Waals surface area contributed by atoms with E-state index in [4.69, 9.17) is 0 Å². The fourth-order valence-corrected chi connectivity index (χ4v) is 1.76. The minimum Gasteiger partial charge on any atom is -0.308 e. The molecular weight excluding hydrogens is 178 g/mol. The summed E-state index contributed by atoms with van der Waals surface area (Å²) < 4.78 is 1.76. The molecule has 4 nitrogen and oxygen atoms in total. The van der Waals surface area contributed by atoms with E-state index in [-0.39, 0.29) is 5.56 Å². The lowest BCUT2D eigenvalue weighted by molar-refractivity contribution is 0.478. The van der Waals surface area contributed by atoms with Gasteiger partial charge < -0.3 is 5.32 Å². The molecule has 1 aromatic heterocycles. The van der Waals surface area contributed by atoms with Gasteiger partial charge >= 0.3 is 0 Å². The van der Waals surface area contributed by atoms with Gasteiger partial charge in [0.05, 0.1) is 6.54 Å². The molecule has 0 saturated carbocycles. The highest BCUT2D eigenvalue weighted by molar-refractivity contribution is 5.06. The summed E-state index contributed by atoms with van der Waals surface area (Å²) in [5, 5.41) is 3.22. The number of nitrogens with zero attached hydrogens (tertiary/aromatic N) is 2. The Kier molecular flexibility index (Phi) is 2.63. The maximum atomic E-state index is 11.7. The van der Waals surface area contributed by atoms with Crippen LogP contribution in [-0.2, 0) is 19.5 Å². The molecule has 14 heavy (non-hydrogen) atoms. The number of aryl methyl sites for hydroxylation is 1. The Balaban J connectivity index is 2.41. The maximum absolute atomic E-state index is 11.7. The molecule has 1 aromatic rings. The third kappa shape index (κ3) is 1.70. The lowest BCUT2D eigenvalue weighted by Gasteiger charge is -2.18. The van der Waals surface area contributed by atoms with Gasteiger partial charge in [0.2, 0.25) is 0 Å². The minimum atomic E-state index is 0.0972. The molecule has 0 unspecified atom stereocenters. The van der Waals surface area contributed by atoms with Crippen molar-refractivity contribution in [1.82, 2.24) is 14.9 Å². The van der Waals surface area contributed by atoms with E-state index >= 15 is 0 Å². The molecular formula is C10H15N3O. The fraction of sp³-hybridized carbons (Fsp3) is 0.600. The summed E-state index contributed by atoms with van der Waals surface area (Å²) in [6, 6.07) is 1.66. The summed E-state index contributed by atoms with van der Waals surface area (Å²) in [5.74, 6) is 0.882. The second-order valence-electron chi connectivity index (χ2n) is 3.58. The predicted octanol–water partition coefficient (Wildman–Crippen LogP) is 0.299. The van der Waals surface area contributed by atoms with Crippen LogP contribution in [0.15, 0.2) is 10.9 Å². The second kappa shape index (κ2) is 3.92. The molecule has 2 heterocycles. The number of hydrogen-bond acceptors (Lipinski definition) is 3. The molecule has 76 valence electrons. The Morgan fingerprint density at radius 3 is 3.29 bits per heavy atom. The first-order chi connectivity index (χ1) is 6.81. The van der Waals surface area contributed by atoms with Gasteiger partial charge in [0.15, 0.2) is 0 Å². The third-order valence-electron chi connectivity index (χ3n) is 2.44. The molecule has 0 atom stereocenters. The highest BCUT2D eigenvalue weighted by atomic mass is 16.1. The largest absolute Gasteiger partial charge is 0.308 e. The first-order valence-electron chi connectivity index (χ1n) is 5.11. The zero-order chi connectivity index (χ0) is 9.97. The number of hydrogen-bond donors (Lipinski definition) is 1. The van der Waals surface area contributed by atoms with Crippen LogP contribution in [0.3, 0.4) is 0 Å². The van der Waals surface area contributed by atoms with Crippen LogP contribution in [0.25, 0.3) is 0 Å². The Morgan fingerprint density at radius 1 is 1.64 bits per heavy atom. The van der Waals surface area contributed by atoms with Crippen LogP contribution in [0.4, 0.5) is 0 Å². The minimum absolute atomic E-state index is 0.0972. The highest BCUT2D eigenvalue weighted by Crippen LogP contribution is 2.02. The van der Waals surface area contributed by atoms with Crippen LogP contribution >= 0.6 is 0 Å². The molecule has 0 bridgehead atoms. The highest BCUT2D eigenvalue weighted by Gasteiger charge is 2.11. The zero-order valence-corrected chi connectivity index (χ0v) is 8.42. The van der Waals surface area contributed by atoms with Crippen molar-refractivity contribution in [2.45, 2.75) is 32.9 Å². The Hall–Kier alpha value is -1.16. The van der Waals surface area contributed by atoms with Gasteiger partial charge in [-0.1, -0.05) is 13.3 Å². The number of fused-ring (bicyclic) bond motifs is 1. The predicted molar refractivity (Wildman–Crippen MR) is 54.2 cm³/mol. The molecule has 0 aromatic carbocycles. The van der Waals surface area contributed by atoms with Crippen molar-refractivity contribution in [2.75, 3.05) is 6.54 Å². The van der Waals surface area contributed by atoms with Gasteiger partial charge in [-0.25, -0.2) is 4.98 Å². The smallest absolute Gasteiger partial charge is 0.253 e. The topological polar surface area (TPSA) is 46.9 Å². The van der Waals surface area contributed by atoms with Crippen molar-refractivity contribution in [3.05, 3.63) is 27.9 Å². The summed E-state index contributed by atoms with van der Waals surface area (Å²) in [7, 11) is 0. The van der Waals surface area contributed by atoms with E-state index in [1.54, 1.807) is 10.6 Å². The van der Waals surface area contributed by atoms with Crippen molar-refractivity contribution in [2.24, 2.45) is 0 Å². The van der Waals surface area contributed by atoms with E-state index in [1.807, 2.05) is 0 Å². The van der Waals surface area contributed by atoms with Crippen LogP contribution < -0.4 is 10.9 Å². The van der Waals surface area contributed by atoms with Gasteiger partial charge in [0.1, 0.15) is 5.82 Å². The molecule has 0 fully saturated rings. The summed E-state index contributed by atoms with van der Waals surface area (Å²) >= 11 is 0. The van der Waals surface area contributed by atoms with Crippen LogP contribution in [0.1, 0.15) is 24.9 Å². The van der Waals surface area contributed by atoms with Crippen molar-refractivity contribution < 1.29 is 0 Å². The van der Waals surface area contributed by atoms with E-state index in [0.29, 0.717) is 6.54 Å². The van der Waals surface area contributed by atoms with Crippen LogP contribution in [0, 0.1) is 0 Å². The molecule has 1 aliphatic rings. The van der Waals surface area contributed by atoms with E-state index in [9.17, 15) is 4.79 Å². The Morgan fingerprint density at radius 2 is 2.50 bits per heavy atom. The monoisotopic (exact) mass is 193 g/mol. The van der Waals surface area contributed by atoms with Crippen LogP contribution in [0.5, 0.6) is 0 Å². The molecule has 0 amide bonds. The third-order valence-corrected chi connectivity index (χ3v) is 2.44. The average Bonchev–Trinajstić information content (AvgIpc) is 2.18. The standard InChI is InChI=1S/C10H15N3O/c1-2-3-8-6-10(14)13-5-4-11-7-9(13)12-8/h6,11H,2-5,7H2,1H3. The first kappa shape index (κ1) is 9.40. The maximum Gasteiger partial charge on any atom is 0.253 e. The van der Waals surface area contributed by atoms with Gasteiger partial charge in [-0.15, -0.1) is 0 Å². The molecule has 0 saturated heterocycles. The Labute approximate surface area is 83.0 Å². The van der Waals surface area contributed by atoms with Gasteiger partial charge in [-0.3, -0.25) is 9.36 Å². The summed E-state index contributed by atoms with van der Waals surface area (Å²) in [5.41, 5.74) is 1.02. The van der Waals surface area contributed by atoms with Crippen molar-refractivity contribution in [1.29, 1.82) is 0 Å². The van der Waals surface area contributed by atoms with Crippen molar-refractivity contribution in [3.63, 3.8) is 0 Å². The summed E-state index contributed by atoms with van der Waals surface area (Å²) in [6.45, 7) is 4.42. The lowest BCUT2D eigenvalue weighted by Crippen LogP contribution is -2.37. The Bertz CT molecular complexity index is 383. The normalized spacial score (nSPS) is 15.2. The molecule has 1 aliphatic heterocycles. The SMILES string of the molecule is CCCc1cc(=O)n2c(n1)CNCC2. The zero-order valence-electron chi connectivity index (χ0n) is 8.42. The molecule has 0 spiro atoms. The lowest BCUT2D eigenvalue weighted by atomic mass is 10.2. The van der Waals surface area contributed by atoms with Crippen molar-refractivity contribution >= 4 is 0 Å². The molecule has 1 N–H and O–H groups in total. The van der Waals surface area contributed by atoms with Crippen LogP contribution in [-0.4, -0.2) is 16.1 Å². The van der Waals surface area contributed by atoms with Crippen LogP contribution in [0.2, 0.25) is 0 Å². The second-order valence-corrected chi connectivity index (χ2v) is 3.58. The molecule has 0 radical (unpaired) electrons.